The molecule has 0 aliphatic heterocycles. The van der Waals surface area contributed by atoms with Crippen LogP contribution in [0.1, 0.15) is 35.8 Å². The van der Waals surface area contributed by atoms with Crippen molar-refractivity contribution in [1.29, 1.82) is 0 Å². The lowest BCUT2D eigenvalue weighted by atomic mass is 10.0. The molecule has 38 heavy (non-hydrogen) atoms. The summed E-state index contributed by atoms with van der Waals surface area (Å²) in [4.78, 5) is 35.5. The zero-order chi connectivity index (χ0) is 27.2. The maximum Gasteiger partial charge on any atom is 0.265 e. The van der Waals surface area contributed by atoms with Gasteiger partial charge in [0.25, 0.3) is 11.5 Å². The van der Waals surface area contributed by atoms with Gasteiger partial charge in [0.2, 0.25) is 0 Å². The number of pyridine rings is 2. The highest BCUT2D eigenvalue weighted by atomic mass is 19.1. The Morgan fingerprint density at radius 3 is 2.39 bits per heavy atom. The molecular weight excluding hydrogens is 486 g/mol. The average Bonchev–Trinajstić information content (AvgIpc) is 2.90. The molecule has 0 aliphatic rings. The predicted octanol–water partition coefficient (Wildman–Crippen LogP) is 5.99. The normalized spacial score (nSPS) is 12.3. The van der Waals surface area contributed by atoms with E-state index in [0.29, 0.717) is 27.9 Å². The van der Waals surface area contributed by atoms with E-state index in [1.807, 2.05) is 13.0 Å². The summed E-state index contributed by atoms with van der Waals surface area (Å²) in [6, 6.07) is 14.5. The van der Waals surface area contributed by atoms with Gasteiger partial charge in [0.15, 0.2) is 0 Å². The van der Waals surface area contributed by atoms with Crippen LogP contribution in [0.5, 0.6) is 0 Å². The average molecular weight is 513 g/mol. The molecule has 2 aromatic heterocycles. The molecule has 2 heterocycles. The summed E-state index contributed by atoms with van der Waals surface area (Å²) in [6.07, 6.45) is 6.70. The molecule has 0 saturated heterocycles. The van der Waals surface area contributed by atoms with E-state index in [4.69, 9.17) is 0 Å². The Balaban J connectivity index is 1.78. The minimum absolute atomic E-state index is 0.0148. The number of benzene rings is 2. The van der Waals surface area contributed by atoms with Crippen LogP contribution in [-0.4, -0.2) is 21.7 Å². The Labute approximate surface area is 218 Å². The van der Waals surface area contributed by atoms with Crippen LogP contribution in [0.25, 0.3) is 22.2 Å². The smallest absolute Gasteiger partial charge is 0.265 e. The number of hydrogen-bond acceptors (Lipinski definition) is 4. The molecule has 2 aromatic carbocycles. The third-order valence-corrected chi connectivity index (χ3v) is 5.94. The fourth-order valence-corrected chi connectivity index (χ4v) is 3.94. The summed E-state index contributed by atoms with van der Waals surface area (Å²) >= 11 is 0. The van der Waals surface area contributed by atoms with E-state index in [2.05, 4.69) is 21.9 Å². The van der Waals surface area contributed by atoms with Gasteiger partial charge in [0, 0.05) is 23.4 Å². The predicted molar refractivity (Wildman–Crippen MR) is 146 cm³/mol. The zero-order valence-electron chi connectivity index (χ0n) is 21.0. The number of carbonyl (C=O) groups excluding carboxylic acids is 1. The fourth-order valence-electron chi connectivity index (χ4n) is 3.94. The first-order valence-corrected chi connectivity index (χ1v) is 12.0. The maximum absolute atomic E-state index is 13.5. The first kappa shape index (κ1) is 26.3. The highest BCUT2D eigenvalue weighted by Crippen LogP contribution is 2.24. The van der Waals surface area contributed by atoms with Gasteiger partial charge < -0.3 is 5.32 Å². The Kier molecular flexibility index (Phi) is 8.01. The third kappa shape index (κ3) is 5.98. The van der Waals surface area contributed by atoms with Crippen LogP contribution in [0.2, 0.25) is 0 Å². The molecule has 0 aliphatic carbocycles. The van der Waals surface area contributed by atoms with Crippen molar-refractivity contribution in [3.05, 3.63) is 124 Å². The van der Waals surface area contributed by atoms with Gasteiger partial charge in [0.05, 0.1) is 18.3 Å². The SMILES string of the molecule is C=C(Cn1c(=O)c(C(=O)NC(C)c2ccc(F)cc2)cc2cc(-c3ccc(F)cc3)cnc21)/N=C\C=C/C. The topological polar surface area (TPSA) is 76.3 Å². The van der Waals surface area contributed by atoms with Crippen LogP contribution in [0, 0.1) is 11.6 Å². The van der Waals surface area contributed by atoms with Crippen LogP contribution in [0.3, 0.4) is 0 Å². The molecule has 0 spiro atoms. The minimum Gasteiger partial charge on any atom is -0.345 e. The lowest BCUT2D eigenvalue weighted by Gasteiger charge is -2.16. The number of carbonyl (C=O) groups is 1. The number of halogens is 2. The van der Waals surface area contributed by atoms with Crippen LogP contribution in [0.4, 0.5) is 8.78 Å². The molecule has 6 nitrogen and oxygen atoms in total. The lowest BCUT2D eigenvalue weighted by Crippen LogP contribution is -2.35. The molecule has 8 heteroatoms. The minimum atomic E-state index is -0.585. The molecule has 0 bridgehead atoms. The zero-order valence-corrected chi connectivity index (χ0v) is 21.0. The maximum atomic E-state index is 13.5. The number of nitrogens with one attached hydrogen (secondary N) is 1. The van der Waals surface area contributed by atoms with Crippen molar-refractivity contribution in [1.82, 2.24) is 14.9 Å². The summed E-state index contributed by atoms with van der Waals surface area (Å²) in [7, 11) is 0. The van der Waals surface area contributed by atoms with Gasteiger partial charge in [-0.3, -0.25) is 19.1 Å². The second-order valence-corrected chi connectivity index (χ2v) is 8.71. The van der Waals surface area contributed by atoms with Crippen LogP contribution >= 0.6 is 0 Å². The molecular formula is C30H26F2N4O2. The molecule has 1 atom stereocenters. The van der Waals surface area contributed by atoms with Gasteiger partial charge >= 0.3 is 0 Å². The summed E-state index contributed by atoms with van der Waals surface area (Å²) in [5, 5.41) is 3.35. The van der Waals surface area contributed by atoms with Crippen LogP contribution in [-0.2, 0) is 6.54 Å². The quantitative estimate of drug-likeness (QED) is 0.295. The molecule has 1 N–H and O–H groups in total. The Morgan fingerprint density at radius 1 is 1.08 bits per heavy atom. The van der Waals surface area contributed by atoms with Gasteiger partial charge in [-0.05, 0) is 67.4 Å². The molecule has 0 fully saturated rings. The molecule has 1 amide bonds. The van der Waals surface area contributed by atoms with Crippen molar-refractivity contribution in [3.8, 4) is 11.1 Å². The van der Waals surface area contributed by atoms with E-state index in [0.717, 1.165) is 5.56 Å². The third-order valence-electron chi connectivity index (χ3n) is 5.94. The van der Waals surface area contributed by atoms with E-state index in [1.54, 1.807) is 55.7 Å². The van der Waals surface area contributed by atoms with Crippen molar-refractivity contribution in [2.75, 3.05) is 0 Å². The van der Waals surface area contributed by atoms with E-state index < -0.39 is 17.5 Å². The number of aliphatic imine (C=N–C) groups is 1. The summed E-state index contributed by atoms with van der Waals surface area (Å²) in [6.45, 7) is 7.54. The first-order chi connectivity index (χ1) is 18.3. The van der Waals surface area contributed by atoms with Crippen molar-refractivity contribution in [2.45, 2.75) is 26.4 Å². The summed E-state index contributed by atoms with van der Waals surface area (Å²) < 4.78 is 28.1. The van der Waals surface area contributed by atoms with Gasteiger partial charge in [-0.25, -0.2) is 13.8 Å². The van der Waals surface area contributed by atoms with E-state index in [1.165, 1.54) is 34.9 Å². The van der Waals surface area contributed by atoms with E-state index in [-0.39, 0.29) is 23.7 Å². The first-order valence-electron chi connectivity index (χ1n) is 12.0. The van der Waals surface area contributed by atoms with Gasteiger partial charge in [-0.15, -0.1) is 0 Å². The molecule has 4 aromatic rings. The molecule has 0 saturated carbocycles. The monoisotopic (exact) mass is 512 g/mol. The molecule has 4 rings (SSSR count). The lowest BCUT2D eigenvalue weighted by molar-refractivity contribution is 0.0938. The second kappa shape index (κ2) is 11.6. The Morgan fingerprint density at radius 2 is 1.74 bits per heavy atom. The highest BCUT2D eigenvalue weighted by molar-refractivity contribution is 5.97. The van der Waals surface area contributed by atoms with Crippen molar-refractivity contribution in [2.24, 2.45) is 4.99 Å². The number of rotatable bonds is 8. The molecule has 0 radical (unpaired) electrons. The Hall–Kier alpha value is -4.72. The summed E-state index contributed by atoms with van der Waals surface area (Å²) in [5.74, 6) is -1.33. The highest BCUT2D eigenvalue weighted by Gasteiger charge is 2.19. The second-order valence-electron chi connectivity index (χ2n) is 8.71. The van der Waals surface area contributed by atoms with Crippen molar-refractivity contribution in [3.63, 3.8) is 0 Å². The number of amides is 1. The summed E-state index contributed by atoms with van der Waals surface area (Å²) in [5.41, 5.74) is 2.22. The van der Waals surface area contributed by atoms with Crippen molar-refractivity contribution >= 4 is 23.2 Å². The van der Waals surface area contributed by atoms with E-state index in [9.17, 15) is 18.4 Å². The Bertz CT molecular complexity index is 1600. The number of aromatic nitrogens is 2. The standard InChI is InChI=1S/C30H26F2N4O2/c1-4-5-14-33-19(2)18-36-28-23(15-24(17-34-28)22-8-12-26(32)13-9-22)16-27(30(36)38)29(37)35-20(3)21-6-10-25(31)11-7-21/h4-17,20H,2,18H2,1,3H3,(H,35,37)/b5-4-,33-14-. The van der Waals surface area contributed by atoms with E-state index >= 15 is 0 Å². The molecule has 1 unspecified atom stereocenters. The number of hydrogen-bond donors (Lipinski definition) is 1. The van der Waals surface area contributed by atoms with Gasteiger partial charge in [0.1, 0.15) is 22.8 Å². The van der Waals surface area contributed by atoms with Gasteiger partial charge in [-0.1, -0.05) is 36.9 Å². The van der Waals surface area contributed by atoms with Gasteiger partial charge in [-0.2, -0.15) is 0 Å². The fraction of sp³-hybridized carbons (Fsp3) is 0.133. The van der Waals surface area contributed by atoms with Crippen LogP contribution in [0.15, 0.2) is 101 Å². The molecule has 192 valence electrons. The number of nitrogens with zero attached hydrogens (tertiary/aromatic N) is 3. The largest absolute Gasteiger partial charge is 0.345 e. The number of allylic oxidation sites excluding steroid dienone is 3. The van der Waals surface area contributed by atoms with Crippen molar-refractivity contribution < 1.29 is 13.6 Å². The van der Waals surface area contributed by atoms with Crippen LogP contribution < -0.4 is 10.9 Å². The number of fused-ring (bicyclic) bond motifs is 1.